The Morgan fingerprint density at radius 1 is 1.30 bits per heavy atom. The van der Waals surface area contributed by atoms with Crippen LogP contribution in [0.25, 0.3) is 10.9 Å². The molecule has 1 aliphatic heterocycles. The molecular formula is C20H27FN4O2. The van der Waals surface area contributed by atoms with Crippen molar-refractivity contribution in [1.29, 1.82) is 0 Å². The van der Waals surface area contributed by atoms with Crippen LogP contribution in [0.15, 0.2) is 29.3 Å². The summed E-state index contributed by atoms with van der Waals surface area (Å²) >= 11 is 0. The van der Waals surface area contributed by atoms with Gasteiger partial charge in [0.25, 0.3) is 5.56 Å². The Morgan fingerprint density at radius 3 is 2.85 bits per heavy atom. The predicted molar refractivity (Wildman–Crippen MR) is 103 cm³/mol. The van der Waals surface area contributed by atoms with Crippen LogP contribution < -0.4 is 10.9 Å². The van der Waals surface area contributed by atoms with E-state index in [-0.39, 0.29) is 17.8 Å². The molecule has 1 aromatic carbocycles. The molecule has 1 N–H and O–H groups in total. The van der Waals surface area contributed by atoms with Crippen LogP contribution in [0, 0.1) is 11.7 Å². The molecule has 0 aliphatic carbocycles. The molecule has 0 atom stereocenters. The van der Waals surface area contributed by atoms with Crippen LogP contribution in [-0.2, 0) is 11.3 Å². The van der Waals surface area contributed by atoms with Gasteiger partial charge in [-0.1, -0.05) is 6.92 Å². The van der Waals surface area contributed by atoms with Crippen molar-refractivity contribution in [2.45, 2.75) is 39.2 Å². The second-order valence-corrected chi connectivity index (χ2v) is 7.42. The lowest BCUT2D eigenvalue weighted by molar-refractivity contribution is -0.121. The van der Waals surface area contributed by atoms with E-state index in [0.717, 1.165) is 31.4 Å². The van der Waals surface area contributed by atoms with Crippen molar-refractivity contribution in [2.24, 2.45) is 5.92 Å². The first-order chi connectivity index (χ1) is 13.0. The first kappa shape index (κ1) is 19.5. The molecule has 6 nitrogen and oxygen atoms in total. The summed E-state index contributed by atoms with van der Waals surface area (Å²) in [5.41, 5.74) is 0.0131. The number of halogens is 1. The highest BCUT2D eigenvalue weighted by atomic mass is 19.1. The quantitative estimate of drug-likeness (QED) is 0.755. The number of fused-ring (bicyclic) bond motifs is 1. The zero-order valence-corrected chi connectivity index (χ0v) is 15.8. The largest absolute Gasteiger partial charge is 0.355 e. The maximum absolute atomic E-state index is 13.3. The molecule has 0 saturated carbocycles. The molecular weight excluding hydrogens is 347 g/mol. The highest BCUT2D eigenvalue weighted by Gasteiger charge is 2.14. The van der Waals surface area contributed by atoms with Crippen LogP contribution in [0.3, 0.4) is 0 Å². The average Bonchev–Trinajstić information content (AvgIpc) is 2.66. The summed E-state index contributed by atoms with van der Waals surface area (Å²) in [5, 5.41) is 3.03. The van der Waals surface area contributed by atoms with Gasteiger partial charge >= 0.3 is 0 Å². The van der Waals surface area contributed by atoms with Crippen molar-refractivity contribution in [1.82, 2.24) is 19.8 Å². The maximum Gasteiger partial charge on any atom is 0.261 e. The van der Waals surface area contributed by atoms with E-state index in [4.69, 9.17) is 0 Å². The van der Waals surface area contributed by atoms with Crippen molar-refractivity contribution >= 4 is 16.8 Å². The second kappa shape index (κ2) is 9.08. The van der Waals surface area contributed by atoms with E-state index in [0.29, 0.717) is 12.1 Å². The van der Waals surface area contributed by atoms with E-state index in [1.807, 2.05) is 0 Å². The lowest BCUT2D eigenvalue weighted by atomic mass is 9.99. The maximum atomic E-state index is 13.3. The Kier molecular flexibility index (Phi) is 6.55. The smallest absolute Gasteiger partial charge is 0.261 e. The molecule has 1 aliphatic rings. The fourth-order valence-electron chi connectivity index (χ4n) is 3.43. The standard InChI is InChI=1S/C20H27FN4O2/c1-15-6-10-24(11-7-15)9-3-2-8-22-19(26)13-25-14-23-18-5-4-16(21)12-17(18)20(25)27/h4-5,12,14-15H,2-3,6-11,13H2,1H3,(H,22,26). The summed E-state index contributed by atoms with van der Waals surface area (Å²) in [6, 6.07) is 3.87. The number of piperidine rings is 1. The molecule has 1 aromatic heterocycles. The van der Waals surface area contributed by atoms with Gasteiger partial charge in [-0.2, -0.15) is 0 Å². The van der Waals surface area contributed by atoms with Crippen LogP contribution in [-0.4, -0.2) is 46.5 Å². The van der Waals surface area contributed by atoms with E-state index < -0.39 is 11.4 Å². The molecule has 146 valence electrons. The van der Waals surface area contributed by atoms with E-state index >= 15 is 0 Å². The Morgan fingerprint density at radius 2 is 2.07 bits per heavy atom. The number of carbonyl (C=O) groups is 1. The van der Waals surface area contributed by atoms with Gasteiger partial charge in [0.1, 0.15) is 12.4 Å². The number of carbonyl (C=O) groups excluding carboxylic acids is 1. The van der Waals surface area contributed by atoms with Crippen LogP contribution in [0.4, 0.5) is 4.39 Å². The molecule has 0 bridgehead atoms. The first-order valence-electron chi connectivity index (χ1n) is 9.66. The number of amides is 1. The average molecular weight is 374 g/mol. The minimum absolute atomic E-state index is 0.109. The molecule has 27 heavy (non-hydrogen) atoms. The van der Waals surface area contributed by atoms with E-state index in [1.54, 1.807) is 0 Å². The number of rotatable bonds is 7. The third-order valence-electron chi connectivity index (χ3n) is 5.20. The van der Waals surface area contributed by atoms with Crippen molar-refractivity contribution < 1.29 is 9.18 Å². The molecule has 3 rings (SSSR count). The van der Waals surface area contributed by atoms with Gasteiger partial charge in [-0.25, -0.2) is 9.37 Å². The zero-order valence-electron chi connectivity index (χ0n) is 15.8. The number of unbranched alkanes of at least 4 members (excludes halogenated alkanes) is 1. The SMILES string of the molecule is CC1CCN(CCCCNC(=O)Cn2cnc3ccc(F)cc3c2=O)CC1. The highest BCUT2D eigenvalue weighted by molar-refractivity contribution is 5.78. The lowest BCUT2D eigenvalue weighted by Crippen LogP contribution is -2.35. The van der Waals surface area contributed by atoms with Crippen molar-refractivity contribution in [3.63, 3.8) is 0 Å². The lowest BCUT2D eigenvalue weighted by Gasteiger charge is -2.30. The molecule has 7 heteroatoms. The summed E-state index contributed by atoms with van der Waals surface area (Å²) in [6.45, 7) is 6.20. The van der Waals surface area contributed by atoms with E-state index in [9.17, 15) is 14.0 Å². The summed E-state index contributed by atoms with van der Waals surface area (Å²) < 4.78 is 14.6. The number of benzene rings is 1. The first-order valence-corrected chi connectivity index (χ1v) is 9.66. The van der Waals surface area contributed by atoms with Gasteiger partial charge < -0.3 is 10.2 Å². The van der Waals surface area contributed by atoms with Gasteiger partial charge in [-0.15, -0.1) is 0 Å². The molecule has 1 fully saturated rings. The monoisotopic (exact) mass is 374 g/mol. The van der Waals surface area contributed by atoms with Gasteiger partial charge in [-0.05, 0) is 69.4 Å². The van der Waals surface area contributed by atoms with Crippen LogP contribution in [0.2, 0.25) is 0 Å². The molecule has 2 heterocycles. The van der Waals surface area contributed by atoms with Gasteiger partial charge in [0.2, 0.25) is 5.91 Å². The van der Waals surface area contributed by atoms with Crippen LogP contribution in [0.5, 0.6) is 0 Å². The minimum atomic E-state index is -0.494. The molecule has 0 radical (unpaired) electrons. The topological polar surface area (TPSA) is 67.2 Å². The third-order valence-corrected chi connectivity index (χ3v) is 5.20. The summed E-state index contributed by atoms with van der Waals surface area (Å²) in [4.78, 5) is 31.0. The van der Waals surface area contributed by atoms with E-state index in [2.05, 4.69) is 22.1 Å². The van der Waals surface area contributed by atoms with Gasteiger partial charge in [0.05, 0.1) is 17.2 Å². The minimum Gasteiger partial charge on any atom is -0.355 e. The summed E-state index contributed by atoms with van der Waals surface area (Å²) in [5.74, 6) is 0.109. The van der Waals surface area contributed by atoms with Crippen LogP contribution in [0.1, 0.15) is 32.6 Å². The highest BCUT2D eigenvalue weighted by Crippen LogP contribution is 2.16. The van der Waals surface area contributed by atoms with Crippen molar-refractivity contribution in [3.8, 4) is 0 Å². The van der Waals surface area contributed by atoms with Gasteiger partial charge in [0, 0.05) is 6.54 Å². The number of nitrogens with one attached hydrogen (secondary N) is 1. The third kappa shape index (κ3) is 5.35. The number of hydrogen-bond donors (Lipinski definition) is 1. The number of hydrogen-bond acceptors (Lipinski definition) is 4. The van der Waals surface area contributed by atoms with Crippen LogP contribution >= 0.6 is 0 Å². The fourth-order valence-corrected chi connectivity index (χ4v) is 3.43. The number of likely N-dealkylation sites (tertiary alicyclic amines) is 1. The Bertz CT molecular complexity index is 843. The zero-order chi connectivity index (χ0) is 19.2. The Hall–Kier alpha value is -2.28. The fraction of sp³-hybridized carbons (Fsp3) is 0.550. The Balaban J connectivity index is 1.42. The molecule has 2 aromatic rings. The summed E-state index contributed by atoms with van der Waals surface area (Å²) in [6.07, 6.45) is 5.84. The molecule has 1 saturated heterocycles. The number of aromatic nitrogens is 2. The molecule has 0 unspecified atom stereocenters. The second-order valence-electron chi connectivity index (χ2n) is 7.42. The number of nitrogens with zero attached hydrogens (tertiary/aromatic N) is 3. The summed E-state index contributed by atoms with van der Waals surface area (Å²) in [7, 11) is 0. The van der Waals surface area contributed by atoms with Gasteiger partial charge in [-0.3, -0.25) is 14.2 Å². The van der Waals surface area contributed by atoms with Crippen molar-refractivity contribution in [2.75, 3.05) is 26.2 Å². The molecule has 0 spiro atoms. The Labute approximate surface area is 158 Å². The van der Waals surface area contributed by atoms with Crippen molar-refractivity contribution in [3.05, 3.63) is 40.7 Å². The van der Waals surface area contributed by atoms with Gasteiger partial charge in [0.15, 0.2) is 0 Å². The predicted octanol–water partition coefficient (Wildman–Crippen LogP) is 2.16. The molecule has 1 amide bonds. The normalized spacial score (nSPS) is 15.9. The van der Waals surface area contributed by atoms with E-state index in [1.165, 1.54) is 49.0 Å².